The number of hydrogen-bond donors (Lipinski definition) is 2. The Morgan fingerprint density at radius 3 is 2.43 bits per heavy atom. The number of benzene rings is 1. The molecular formula is C11H19N3. The van der Waals surface area contributed by atoms with E-state index < -0.39 is 0 Å². The largest absolute Gasteiger partial charge is 0.397 e. The van der Waals surface area contributed by atoms with Crippen LogP contribution in [0.4, 0.5) is 17.1 Å². The molecule has 0 saturated carbocycles. The Hall–Kier alpha value is -1.38. The molecule has 0 heterocycles. The van der Waals surface area contributed by atoms with E-state index in [2.05, 4.69) is 36.2 Å². The van der Waals surface area contributed by atoms with Crippen LogP contribution >= 0.6 is 0 Å². The van der Waals surface area contributed by atoms with E-state index in [0.717, 1.165) is 24.5 Å². The fourth-order valence-electron chi connectivity index (χ4n) is 1.55. The highest BCUT2D eigenvalue weighted by Gasteiger charge is 2.03. The zero-order valence-corrected chi connectivity index (χ0v) is 9.17. The summed E-state index contributed by atoms with van der Waals surface area (Å²) in [7, 11) is 1.89. The molecule has 3 N–H and O–H groups in total. The van der Waals surface area contributed by atoms with E-state index in [1.165, 1.54) is 5.69 Å². The molecule has 0 amide bonds. The lowest BCUT2D eigenvalue weighted by molar-refractivity contribution is 0.866. The van der Waals surface area contributed by atoms with Gasteiger partial charge in [0.15, 0.2) is 0 Å². The Morgan fingerprint density at radius 1 is 1.29 bits per heavy atom. The third kappa shape index (κ3) is 2.10. The van der Waals surface area contributed by atoms with Gasteiger partial charge < -0.3 is 16.0 Å². The summed E-state index contributed by atoms with van der Waals surface area (Å²) in [6, 6.07) is 6.09. The van der Waals surface area contributed by atoms with Crippen LogP contribution in [0, 0.1) is 0 Å². The predicted molar refractivity (Wildman–Crippen MR) is 64.0 cm³/mol. The van der Waals surface area contributed by atoms with E-state index in [9.17, 15) is 0 Å². The summed E-state index contributed by atoms with van der Waals surface area (Å²) >= 11 is 0. The molecule has 0 atom stereocenters. The van der Waals surface area contributed by atoms with Gasteiger partial charge >= 0.3 is 0 Å². The van der Waals surface area contributed by atoms with Crippen LogP contribution in [-0.2, 0) is 0 Å². The van der Waals surface area contributed by atoms with Gasteiger partial charge in [-0.15, -0.1) is 0 Å². The van der Waals surface area contributed by atoms with Crippen LogP contribution in [0.15, 0.2) is 18.2 Å². The third-order valence-corrected chi connectivity index (χ3v) is 2.43. The summed E-state index contributed by atoms with van der Waals surface area (Å²) in [6.07, 6.45) is 0. The smallest absolute Gasteiger partial charge is 0.0592 e. The van der Waals surface area contributed by atoms with Crippen molar-refractivity contribution in [2.75, 3.05) is 36.1 Å². The molecule has 0 radical (unpaired) electrons. The van der Waals surface area contributed by atoms with Crippen molar-refractivity contribution in [1.82, 2.24) is 0 Å². The van der Waals surface area contributed by atoms with Crippen LogP contribution < -0.4 is 16.0 Å². The number of nitrogen functional groups attached to an aromatic ring is 1. The van der Waals surface area contributed by atoms with Crippen molar-refractivity contribution in [2.24, 2.45) is 0 Å². The van der Waals surface area contributed by atoms with Gasteiger partial charge in [-0.2, -0.15) is 0 Å². The maximum absolute atomic E-state index is 5.80. The van der Waals surface area contributed by atoms with Crippen molar-refractivity contribution in [2.45, 2.75) is 13.8 Å². The Balaban J connectivity index is 2.98. The van der Waals surface area contributed by atoms with Gasteiger partial charge in [0.05, 0.1) is 11.4 Å². The molecule has 3 nitrogen and oxygen atoms in total. The van der Waals surface area contributed by atoms with Gasteiger partial charge in [-0.05, 0) is 32.0 Å². The Labute approximate surface area is 85.9 Å². The summed E-state index contributed by atoms with van der Waals surface area (Å²) in [5, 5.41) is 3.09. The van der Waals surface area contributed by atoms with E-state index in [1.54, 1.807) is 0 Å². The van der Waals surface area contributed by atoms with Crippen molar-refractivity contribution in [3.8, 4) is 0 Å². The van der Waals surface area contributed by atoms with Crippen LogP contribution in [0.2, 0.25) is 0 Å². The number of nitrogens with two attached hydrogens (primary N) is 1. The van der Waals surface area contributed by atoms with Crippen molar-refractivity contribution in [3.63, 3.8) is 0 Å². The van der Waals surface area contributed by atoms with Gasteiger partial charge in [-0.3, -0.25) is 0 Å². The quantitative estimate of drug-likeness (QED) is 0.720. The number of anilines is 3. The van der Waals surface area contributed by atoms with E-state index in [-0.39, 0.29) is 0 Å². The summed E-state index contributed by atoms with van der Waals surface area (Å²) in [5.74, 6) is 0. The summed E-state index contributed by atoms with van der Waals surface area (Å²) in [5.41, 5.74) is 8.81. The lowest BCUT2D eigenvalue weighted by Crippen LogP contribution is -2.21. The minimum Gasteiger partial charge on any atom is -0.397 e. The van der Waals surface area contributed by atoms with Crippen LogP contribution in [0.5, 0.6) is 0 Å². The molecule has 0 spiro atoms. The minimum absolute atomic E-state index is 0.795. The fraction of sp³-hybridized carbons (Fsp3) is 0.455. The highest BCUT2D eigenvalue weighted by atomic mass is 15.1. The van der Waals surface area contributed by atoms with E-state index in [0.29, 0.717) is 0 Å². The average Bonchev–Trinajstić information content (AvgIpc) is 2.22. The first-order chi connectivity index (χ1) is 6.72. The molecular weight excluding hydrogens is 174 g/mol. The molecule has 0 bridgehead atoms. The number of hydrogen-bond acceptors (Lipinski definition) is 3. The van der Waals surface area contributed by atoms with Gasteiger partial charge in [0, 0.05) is 25.8 Å². The maximum atomic E-state index is 5.80. The number of rotatable bonds is 4. The normalized spacial score (nSPS) is 9.93. The second-order valence-electron chi connectivity index (χ2n) is 3.19. The monoisotopic (exact) mass is 193 g/mol. The van der Waals surface area contributed by atoms with Crippen molar-refractivity contribution in [1.29, 1.82) is 0 Å². The standard InChI is InChI=1S/C11H19N3/c1-4-14(5-2)9-6-7-10(12)11(8-9)13-3/h6-8,13H,4-5,12H2,1-3H3. The van der Waals surface area contributed by atoms with Crippen LogP contribution in [0.25, 0.3) is 0 Å². The minimum atomic E-state index is 0.795. The molecule has 1 rings (SSSR count). The van der Waals surface area contributed by atoms with E-state index in [4.69, 9.17) is 5.73 Å². The molecule has 0 fully saturated rings. The van der Waals surface area contributed by atoms with E-state index >= 15 is 0 Å². The molecule has 1 aromatic carbocycles. The second-order valence-corrected chi connectivity index (χ2v) is 3.19. The molecule has 78 valence electrons. The highest BCUT2D eigenvalue weighted by Crippen LogP contribution is 2.24. The lowest BCUT2D eigenvalue weighted by Gasteiger charge is -2.22. The number of nitrogens with one attached hydrogen (secondary N) is 1. The topological polar surface area (TPSA) is 41.3 Å². The Kier molecular flexibility index (Phi) is 3.63. The van der Waals surface area contributed by atoms with Crippen LogP contribution in [-0.4, -0.2) is 20.1 Å². The number of nitrogens with zero attached hydrogens (tertiary/aromatic N) is 1. The first kappa shape index (κ1) is 10.7. The third-order valence-electron chi connectivity index (χ3n) is 2.43. The second kappa shape index (κ2) is 4.74. The molecule has 14 heavy (non-hydrogen) atoms. The van der Waals surface area contributed by atoms with E-state index in [1.807, 2.05) is 13.1 Å². The zero-order chi connectivity index (χ0) is 10.6. The zero-order valence-electron chi connectivity index (χ0n) is 9.17. The SMILES string of the molecule is CCN(CC)c1ccc(N)c(NC)c1. The molecule has 0 unspecified atom stereocenters. The average molecular weight is 193 g/mol. The first-order valence-corrected chi connectivity index (χ1v) is 5.05. The van der Waals surface area contributed by atoms with Crippen LogP contribution in [0.1, 0.15) is 13.8 Å². The van der Waals surface area contributed by atoms with Crippen LogP contribution in [0.3, 0.4) is 0 Å². The maximum Gasteiger partial charge on any atom is 0.0592 e. The van der Waals surface area contributed by atoms with Crippen molar-refractivity contribution < 1.29 is 0 Å². The fourth-order valence-corrected chi connectivity index (χ4v) is 1.55. The summed E-state index contributed by atoms with van der Waals surface area (Å²) < 4.78 is 0. The molecule has 0 aliphatic heterocycles. The van der Waals surface area contributed by atoms with Gasteiger partial charge in [0.1, 0.15) is 0 Å². The van der Waals surface area contributed by atoms with Gasteiger partial charge in [-0.25, -0.2) is 0 Å². The van der Waals surface area contributed by atoms with Gasteiger partial charge in [0.2, 0.25) is 0 Å². The molecule has 0 aliphatic rings. The van der Waals surface area contributed by atoms with Gasteiger partial charge in [-0.1, -0.05) is 0 Å². The van der Waals surface area contributed by atoms with Crippen molar-refractivity contribution >= 4 is 17.1 Å². The molecule has 0 saturated heterocycles. The molecule has 0 aromatic heterocycles. The molecule has 1 aromatic rings. The molecule has 3 heteroatoms. The Bertz CT molecular complexity index is 293. The summed E-state index contributed by atoms with van der Waals surface area (Å²) in [6.45, 7) is 6.34. The summed E-state index contributed by atoms with van der Waals surface area (Å²) in [4.78, 5) is 2.29. The predicted octanol–water partition coefficient (Wildman–Crippen LogP) is 2.16. The molecule has 0 aliphatic carbocycles. The Morgan fingerprint density at radius 2 is 1.93 bits per heavy atom. The highest BCUT2D eigenvalue weighted by molar-refractivity contribution is 5.71. The first-order valence-electron chi connectivity index (χ1n) is 5.05. The lowest BCUT2D eigenvalue weighted by atomic mass is 10.2. The van der Waals surface area contributed by atoms with Crippen molar-refractivity contribution in [3.05, 3.63) is 18.2 Å². The van der Waals surface area contributed by atoms with Gasteiger partial charge in [0.25, 0.3) is 0 Å².